The highest BCUT2D eigenvalue weighted by atomic mass is 19.4. The van der Waals surface area contributed by atoms with Crippen LogP contribution in [-0.4, -0.2) is 59.2 Å². The molecule has 2 aliphatic heterocycles. The Kier molecular flexibility index (Phi) is 6.00. The molecule has 0 saturated carbocycles. The minimum atomic E-state index is -4.76. The monoisotopic (exact) mass is 449 g/mol. The van der Waals surface area contributed by atoms with Gasteiger partial charge in [-0.15, -0.1) is 13.2 Å². The van der Waals surface area contributed by atoms with E-state index in [-0.39, 0.29) is 23.6 Å². The maximum absolute atomic E-state index is 13.2. The topological polar surface area (TPSA) is 88.9 Å². The number of alkyl halides is 3. The predicted octanol–water partition coefficient (Wildman–Crippen LogP) is 3.95. The third-order valence-corrected chi connectivity index (χ3v) is 5.47. The van der Waals surface area contributed by atoms with E-state index in [4.69, 9.17) is 4.74 Å². The maximum Gasteiger partial charge on any atom is 0.573 e. The van der Waals surface area contributed by atoms with E-state index in [1.54, 1.807) is 12.0 Å². The van der Waals surface area contributed by atoms with Crippen LogP contribution < -0.4 is 10.1 Å². The molecule has 2 aromatic rings. The second kappa shape index (κ2) is 8.73. The molecule has 0 radical (unpaired) electrons. The first-order valence-electron chi connectivity index (χ1n) is 10.1. The van der Waals surface area contributed by atoms with Crippen LogP contribution in [0.25, 0.3) is 0 Å². The number of anilines is 2. The minimum absolute atomic E-state index is 0.0206. The quantitative estimate of drug-likeness (QED) is 0.719. The highest BCUT2D eigenvalue weighted by molar-refractivity contribution is 6.42. The average Bonchev–Trinajstić information content (AvgIpc) is 3.34. The summed E-state index contributed by atoms with van der Waals surface area (Å²) in [5.41, 5.74) is 1.94. The molecule has 8 nitrogen and oxygen atoms in total. The number of benzene rings is 1. The number of ether oxygens (including phenoxy) is 2. The van der Waals surface area contributed by atoms with E-state index in [9.17, 15) is 18.0 Å². The maximum atomic E-state index is 13.2. The highest BCUT2D eigenvalue weighted by Gasteiger charge is 2.38. The summed E-state index contributed by atoms with van der Waals surface area (Å²) in [6.45, 7) is 2.99. The molecule has 170 valence electrons. The fraction of sp³-hybridized carbons (Fsp3) is 0.429. The standard InChI is InChI=1S/C21H22F3N5O3/c1-12-16-18(28-17(12)20(30)29-9-3-4-14(29)10-31-2)19(26-11-25-16)27-13-5-7-15(8-6-13)32-21(22,23)24/h5-8,11-12,14H,3-4,9-10H2,1-2H3,(H,25,26,27). The lowest BCUT2D eigenvalue weighted by atomic mass is 10.0. The Bertz CT molecular complexity index is 1030. The number of hydrogen-bond donors (Lipinski definition) is 1. The van der Waals surface area contributed by atoms with E-state index in [1.807, 2.05) is 6.92 Å². The average molecular weight is 449 g/mol. The Morgan fingerprint density at radius 2 is 2.00 bits per heavy atom. The first-order chi connectivity index (χ1) is 15.3. The van der Waals surface area contributed by atoms with Gasteiger partial charge in [-0.25, -0.2) is 15.0 Å². The molecule has 0 aliphatic carbocycles. The number of hydrogen-bond acceptors (Lipinski definition) is 7. The molecule has 1 aromatic heterocycles. The molecule has 2 atom stereocenters. The molecule has 3 heterocycles. The number of methoxy groups -OCH3 is 1. The van der Waals surface area contributed by atoms with Gasteiger partial charge in [-0.1, -0.05) is 6.92 Å². The van der Waals surface area contributed by atoms with Crippen LogP contribution in [0.1, 0.15) is 31.4 Å². The van der Waals surface area contributed by atoms with Gasteiger partial charge in [0.1, 0.15) is 23.5 Å². The van der Waals surface area contributed by atoms with E-state index in [0.717, 1.165) is 12.8 Å². The fourth-order valence-electron chi connectivity index (χ4n) is 3.98. The van der Waals surface area contributed by atoms with Crippen molar-refractivity contribution in [2.45, 2.75) is 38.1 Å². The number of carbonyl (C=O) groups excluding carboxylic acids is 1. The van der Waals surface area contributed by atoms with Crippen molar-refractivity contribution in [2.24, 2.45) is 4.99 Å². The van der Waals surface area contributed by atoms with E-state index >= 15 is 0 Å². The first kappa shape index (κ1) is 22.0. The number of aliphatic imine (C=N–C) groups is 1. The molecule has 2 unspecified atom stereocenters. The number of fused-ring (bicyclic) bond motifs is 1. The van der Waals surface area contributed by atoms with Crippen LogP contribution in [0.3, 0.4) is 0 Å². The molecule has 4 rings (SSSR count). The molecule has 1 N–H and O–H groups in total. The van der Waals surface area contributed by atoms with Crippen LogP contribution in [-0.2, 0) is 9.53 Å². The van der Waals surface area contributed by atoms with Crippen molar-refractivity contribution in [3.63, 3.8) is 0 Å². The molecule has 1 saturated heterocycles. The Hall–Kier alpha value is -3.21. The number of halogens is 3. The lowest BCUT2D eigenvalue weighted by molar-refractivity contribution is -0.274. The number of nitrogens with zero attached hydrogens (tertiary/aromatic N) is 4. The summed E-state index contributed by atoms with van der Waals surface area (Å²) < 4.78 is 46.2. The van der Waals surface area contributed by atoms with Crippen LogP contribution in [0.2, 0.25) is 0 Å². The summed E-state index contributed by atoms with van der Waals surface area (Å²) in [5, 5.41) is 3.03. The normalized spacial score (nSPS) is 20.2. The zero-order valence-corrected chi connectivity index (χ0v) is 17.5. The van der Waals surface area contributed by atoms with E-state index in [0.29, 0.717) is 41.7 Å². The van der Waals surface area contributed by atoms with Gasteiger partial charge in [0.15, 0.2) is 5.82 Å². The van der Waals surface area contributed by atoms with Crippen molar-refractivity contribution in [3.05, 3.63) is 36.3 Å². The van der Waals surface area contributed by atoms with Gasteiger partial charge in [-0.3, -0.25) is 4.79 Å². The number of likely N-dealkylation sites (tertiary alicyclic amines) is 1. The molecule has 0 spiro atoms. The molecule has 1 amide bonds. The lowest BCUT2D eigenvalue weighted by Gasteiger charge is -2.25. The predicted molar refractivity (Wildman–Crippen MR) is 111 cm³/mol. The molecular formula is C21H22F3N5O3. The Morgan fingerprint density at radius 3 is 2.69 bits per heavy atom. The number of nitrogens with one attached hydrogen (secondary N) is 1. The summed E-state index contributed by atoms with van der Waals surface area (Å²) >= 11 is 0. The molecule has 32 heavy (non-hydrogen) atoms. The third kappa shape index (κ3) is 4.52. The fourth-order valence-corrected chi connectivity index (χ4v) is 3.98. The summed E-state index contributed by atoms with van der Waals surface area (Å²) in [4.78, 5) is 28.1. The number of carbonyl (C=O) groups is 1. The molecule has 11 heteroatoms. The van der Waals surface area contributed by atoms with Gasteiger partial charge in [0, 0.05) is 25.3 Å². The molecule has 1 fully saturated rings. The summed E-state index contributed by atoms with van der Waals surface area (Å²) in [6.07, 6.45) is -1.59. The van der Waals surface area contributed by atoms with Gasteiger partial charge in [0.25, 0.3) is 5.91 Å². The SMILES string of the molecule is COCC1CCCN1C(=O)C1=Nc2c(Nc3ccc(OC(F)(F)F)cc3)ncnc2C1C. The minimum Gasteiger partial charge on any atom is -0.406 e. The summed E-state index contributed by atoms with van der Waals surface area (Å²) in [5.74, 6) is -0.419. The van der Waals surface area contributed by atoms with Gasteiger partial charge in [-0.05, 0) is 37.1 Å². The van der Waals surface area contributed by atoms with Gasteiger partial charge < -0.3 is 19.7 Å². The molecule has 1 aromatic carbocycles. The van der Waals surface area contributed by atoms with Crippen molar-refractivity contribution in [1.29, 1.82) is 0 Å². The zero-order chi connectivity index (χ0) is 22.9. The second-order valence-electron chi connectivity index (χ2n) is 7.62. The number of rotatable bonds is 6. The summed E-state index contributed by atoms with van der Waals surface area (Å²) in [6, 6.07) is 5.28. The largest absolute Gasteiger partial charge is 0.573 e. The zero-order valence-electron chi connectivity index (χ0n) is 17.5. The lowest BCUT2D eigenvalue weighted by Crippen LogP contribution is -2.42. The van der Waals surface area contributed by atoms with Crippen LogP contribution in [0.15, 0.2) is 35.6 Å². The van der Waals surface area contributed by atoms with Crippen LogP contribution in [0, 0.1) is 0 Å². The summed E-state index contributed by atoms with van der Waals surface area (Å²) in [7, 11) is 1.61. The smallest absolute Gasteiger partial charge is 0.406 e. The van der Waals surface area contributed by atoms with Crippen molar-refractivity contribution in [2.75, 3.05) is 25.6 Å². The number of amides is 1. The van der Waals surface area contributed by atoms with E-state index in [2.05, 4.69) is 25.0 Å². The van der Waals surface area contributed by atoms with Crippen molar-refractivity contribution in [3.8, 4) is 5.75 Å². The van der Waals surface area contributed by atoms with Crippen molar-refractivity contribution in [1.82, 2.24) is 14.9 Å². The van der Waals surface area contributed by atoms with E-state index in [1.165, 1.54) is 30.6 Å². The Balaban J connectivity index is 1.55. The number of aromatic nitrogens is 2. The van der Waals surface area contributed by atoms with Crippen LogP contribution in [0.5, 0.6) is 5.75 Å². The van der Waals surface area contributed by atoms with E-state index < -0.39 is 6.36 Å². The van der Waals surface area contributed by atoms with Crippen molar-refractivity contribution >= 4 is 28.8 Å². The van der Waals surface area contributed by atoms with Crippen LogP contribution >= 0.6 is 0 Å². The van der Waals surface area contributed by atoms with Crippen molar-refractivity contribution < 1.29 is 27.4 Å². The molecular weight excluding hydrogens is 427 g/mol. The van der Waals surface area contributed by atoms with Gasteiger partial charge in [-0.2, -0.15) is 0 Å². The Morgan fingerprint density at radius 1 is 1.25 bits per heavy atom. The Labute approximate surface area is 182 Å². The first-order valence-corrected chi connectivity index (χ1v) is 10.1. The highest BCUT2D eigenvalue weighted by Crippen LogP contribution is 2.40. The van der Waals surface area contributed by atoms with Gasteiger partial charge in [0.05, 0.1) is 18.3 Å². The second-order valence-corrected chi connectivity index (χ2v) is 7.62. The van der Waals surface area contributed by atoms with Gasteiger partial charge in [0.2, 0.25) is 0 Å². The third-order valence-electron chi connectivity index (χ3n) is 5.47. The van der Waals surface area contributed by atoms with Gasteiger partial charge >= 0.3 is 6.36 Å². The van der Waals surface area contributed by atoms with Crippen LogP contribution in [0.4, 0.5) is 30.4 Å². The molecule has 2 aliphatic rings. The molecule has 0 bridgehead atoms.